The van der Waals surface area contributed by atoms with E-state index >= 15 is 0 Å². The molecule has 1 aliphatic heterocycles. The minimum absolute atomic E-state index is 1.21. The van der Waals surface area contributed by atoms with Gasteiger partial charge in [-0.25, -0.2) is 0 Å². The summed E-state index contributed by atoms with van der Waals surface area (Å²) >= 11 is 0. The minimum atomic E-state index is 1.21. The molecule has 0 saturated heterocycles. The summed E-state index contributed by atoms with van der Waals surface area (Å²) in [6.07, 6.45) is 5.16. The molecule has 0 radical (unpaired) electrons. The van der Waals surface area contributed by atoms with Gasteiger partial charge in [0.25, 0.3) is 0 Å². The summed E-state index contributed by atoms with van der Waals surface area (Å²) in [5.41, 5.74) is 2.94. The van der Waals surface area contributed by atoms with Crippen LogP contribution in [0.2, 0.25) is 0 Å². The first kappa shape index (κ1) is 12.1. The van der Waals surface area contributed by atoms with Crippen LogP contribution in [0.5, 0.6) is 0 Å². The van der Waals surface area contributed by atoms with Crippen molar-refractivity contribution >= 4 is 5.69 Å². The van der Waals surface area contributed by atoms with E-state index in [9.17, 15) is 0 Å². The van der Waals surface area contributed by atoms with E-state index in [0.29, 0.717) is 0 Å². The van der Waals surface area contributed by atoms with Gasteiger partial charge in [-0.15, -0.1) is 0 Å². The number of hydrogen-bond donors (Lipinski definition) is 0. The minimum Gasteiger partial charge on any atom is -0.374 e. The second-order valence-corrected chi connectivity index (χ2v) is 4.21. The van der Waals surface area contributed by atoms with Gasteiger partial charge in [0.2, 0.25) is 0 Å². The lowest BCUT2D eigenvalue weighted by atomic mass is 10.1. The maximum absolute atomic E-state index is 2.36. The van der Waals surface area contributed by atoms with Crippen LogP contribution in [0.4, 0.5) is 5.69 Å². The van der Waals surface area contributed by atoms with Gasteiger partial charge in [-0.05, 0) is 30.9 Å². The number of anilines is 1. The lowest BCUT2D eigenvalue weighted by molar-refractivity contribution is 0.750. The molecule has 0 unspecified atom stereocenters. The fraction of sp³-hybridized carbons (Fsp3) is 0.571. The average molecular weight is 205 g/mol. The van der Waals surface area contributed by atoms with Crippen molar-refractivity contribution in [2.75, 3.05) is 18.5 Å². The van der Waals surface area contributed by atoms with Crippen LogP contribution >= 0.6 is 0 Å². The molecule has 1 heterocycles. The van der Waals surface area contributed by atoms with Crippen LogP contribution in [0.1, 0.15) is 38.7 Å². The molecule has 1 aliphatic rings. The second kappa shape index (κ2) is 6.49. The smallest absolute Gasteiger partial charge is 0.0396 e. The molecule has 2 rings (SSSR count). The van der Waals surface area contributed by atoms with Crippen LogP contribution in [-0.4, -0.2) is 13.6 Å². The van der Waals surface area contributed by atoms with Crippen molar-refractivity contribution in [3.05, 3.63) is 29.8 Å². The Labute approximate surface area is 94.1 Å². The van der Waals surface area contributed by atoms with Crippen LogP contribution in [-0.2, 0) is 6.42 Å². The van der Waals surface area contributed by atoms with Gasteiger partial charge >= 0.3 is 0 Å². The Bertz CT molecular complexity index is 280. The van der Waals surface area contributed by atoms with Crippen LogP contribution in [0, 0.1) is 0 Å². The first-order valence-corrected chi connectivity index (χ1v) is 6.08. The van der Waals surface area contributed by atoms with Crippen molar-refractivity contribution in [1.82, 2.24) is 0 Å². The summed E-state index contributed by atoms with van der Waals surface area (Å²) in [7, 11) is 2.18. The number of aryl methyl sites for hydroxylation is 1. The van der Waals surface area contributed by atoms with Crippen molar-refractivity contribution in [3.63, 3.8) is 0 Å². The van der Waals surface area contributed by atoms with Gasteiger partial charge < -0.3 is 4.90 Å². The zero-order chi connectivity index (χ0) is 11.1. The van der Waals surface area contributed by atoms with E-state index in [0.717, 1.165) is 0 Å². The van der Waals surface area contributed by atoms with Crippen LogP contribution in [0.25, 0.3) is 0 Å². The Morgan fingerprint density at radius 1 is 1.13 bits per heavy atom. The number of fused-ring (bicyclic) bond motifs is 1. The molecule has 0 spiro atoms. The molecule has 0 bridgehead atoms. The predicted octanol–water partition coefficient (Wildman–Crippen LogP) is 3.88. The predicted molar refractivity (Wildman–Crippen MR) is 68.6 cm³/mol. The third-order valence-corrected chi connectivity index (χ3v) is 2.59. The fourth-order valence-electron chi connectivity index (χ4n) is 1.88. The number of rotatable bonds is 0. The highest BCUT2D eigenvalue weighted by Crippen LogP contribution is 2.24. The maximum atomic E-state index is 2.36. The summed E-state index contributed by atoms with van der Waals surface area (Å²) in [6, 6.07) is 8.73. The first-order chi connectivity index (χ1) is 7.29. The highest BCUT2D eigenvalue weighted by atomic mass is 15.1. The normalized spacial score (nSPS) is 14.7. The third-order valence-electron chi connectivity index (χ3n) is 2.59. The van der Waals surface area contributed by atoms with Gasteiger partial charge in [0.1, 0.15) is 0 Å². The van der Waals surface area contributed by atoms with E-state index in [1.807, 2.05) is 0 Å². The number of hydrogen-bond acceptors (Lipinski definition) is 1. The Morgan fingerprint density at radius 2 is 1.80 bits per heavy atom. The molecule has 15 heavy (non-hydrogen) atoms. The summed E-state index contributed by atoms with van der Waals surface area (Å²) in [5.74, 6) is 0. The maximum Gasteiger partial charge on any atom is 0.0396 e. The first-order valence-electron chi connectivity index (χ1n) is 6.08. The Kier molecular flexibility index (Phi) is 5.23. The van der Waals surface area contributed by atoms with E-state index < -0.39 is 0 Å². The van der Waals surface area contributed by atoms with Gasteiger partial charge in [0.15, 0.2) is 0 Å². The number of benzene rings is 1. The van der Waals surface area contributed by atoms with Crippen molar-refractivity contribution in [1.29, 1.82) is 0 Å². The summed E-state index contributed by atoms with van der Waals surface area (Å²) < 4.78 is 0. The van der Waals surface area contributed by atoms with E-state index in [4.69, 9.17) is 0 Å². The molecule has 0 amide bonds. The molecular formula is C14H23N. The second-order valence-electron chi connectivity index (χ2n) is 4.21. The largest absolute Gasteiger partial charge is 0.374 e. The molecule has 1 aromatic rings. The number of nitrogens with zero attached hydrogens (tertiary/aromatic N) is 1. The molecular weight excluding hydrogens is 182 g/mol. The van der Waals surface area contributed by atoms with Crippen LogP contribution < -0.4 is 4.90 Å². The topological polar surface area (TPSA) is 3.24 Å². The fourth-order valence-corrected chi connectivity index (χ4v) is 1.88. The average Bonchev–Trinajstić information content (AvgIpc) is 2.43. The Balaban J connectivity index is 0.000000337. The van der Waals surface area contributed by atoms with E-state index in [2.05, 4.69) is 50.1 Å². The highest BCUT2D eigenvalue weighted by Gasteiger charge is 2.09. The summed E-state index contributed by atoms with van der Waals surface area (Å²) in [4.78, 5) is 2.36. The summed E-state index contributed by atoms with van der Waals surface area (Å²) in [5, 5.41) is 0. The van der Waals surface area contributed by atoms with Crippen molar-refractivity contribution in [3.8, 4) is 0 Å². The SMILES string of the molecule is CCC.CN1CCCCc2ccccc21. The molecule has 0 N–H and O–H groups in total. The van der Waals surface area contributed by atoms with E-state index in [1.165, 1.54) is 43.5 Å². The van der Waals surface area contributed by atoms with Crippen molar-refractivity contribution in [2.24, 2.45) is 0 Å². The summed E-state index contributed by atoms with van der Waals surface area (Å²) in [6.45, 7) is 5.46. The quantitative estimate of drug-likeness (QED) is 0.621. The molecule has 0 atom stereocenters. The van der Waals surface area contributed by atoms with Gasteiger partial charge in [-0.2, -0.15) is 0 Å². The Hall–Kier alpha value is -0.980. The lowest BCUT2D eigenvalue weighted by Gasteiger charge is -2.18. The van der Waals surface area contributed by atoms with Gasteiger partial charge in [0.05, 0.1) is 0 Å². The molecule has 0 aliphatic carbocycles. The van der Waals surface area contributed by atoms with Gasteiger partial charge in [-0.3, -0.25) is 0 Å². The monoisotopic (exact) mass is 205 g/mol. The standard InChI is InChI=1S/C11H15N.C3H8/c1-12-9-5-4-7-10-6-2-3-8-11(10)12;1-3-2/h2-3,6,8H,4-5,7,9H2,1H3;3H2,1-2H3. The zero-order valence-electron chi connectivity index (χ0n) is 10.3. The van der Waals surface area contributed by atoms with Gasteiger partial charge in [-0.1, -0.05) is 38.5 Å². The molecule has 84 valence electrons. The molecule has 0 fully saturated rings. The molecule has 0 aromatic heterocycles. The van der Waals surface area contributed by atoms with Crippen LogP contribution in [0.15, 0.2) is 24.3 Å². The third kappa shape index (κ3) is 3.58. The molecule has 0 saturated carbocycles. The van der Waals surface area contributed by atoms with Crippen molar-refractivity contribution in [2.45, 2.75) is 39.5 Å². The van der Waals surface area contributed by atoms with E-state index in [-0.39, 0.29) is 0 Å². The van der Waals surface area contributed by atoms with E-state index in [1.54, 1.807) is 0 Å². The van der Waals surface area contributed by atoms with Crippen molar-refractivity contribution < 1.29 is 0 Å². The van der Waals surface area contributed by atoms with Gasteiger partial charge in [0, 0.05) is 19.3 Å². The Morgan fingerprint density at radius 3 is 2.53 bits per heavy atom. The number of para-hydroxylation sites is 1. The molecule has 1 nitrogen and oxygen atoms in total. The van der Waals surface area contributed by atoms with Crippen LogP contribution in [0.3, 0.4) is 0 Å². The zero-order valence-corrected chi connectivity index (χ0v) is 10.3. The highest BCUT2D eigenvalue weighted by molar-refractivity contribution is 5.53. The molecule has 1 heteroatoms. The lowest BCUT2D eigenvalue weighted by Crippen LogP contribution is -2.17. The molecule has 1 aromatic carbocycles.